The van der Waals surface area contributed by atoms with Gasteiger partial charge >= 0.3 is 12.1 Å². The molecule has 0 bridgehead atoms. The Morgan fingerprint density at radius 3 is 2.37 bits per heavy atom. The fourth-order valence-electron chi connectivity index (χ4n) is 6.13. The molecule has 1 fully saturated rings. The number of aromatic nitrogens is 1. The number of anilines is 1. The van der Waals surface area contributed by atoms with E-state index >= 15 is 0 Å². The van der Waals surface area contributed by atoms with Gasteiger partial charge in [-0.05, 0) is 95.5 Å². The van der Waals surface area contributed by atoms with Gasteiger partial charge in [0.15, 0.2) is 11.2 Å². The van der Waals surface area contributed by atoms with Crippen LogP contribution in [0.25, 0.3) is 21.3 Å². The highest BCUT2D eigenvalue weighted by atomic mass is 35.5. The number of amides is 1. The van der Waals surface area contributed by atoms with E-state index in [1.54, 1.807) is 17.0 Å². The van der Waals surface area contributed by atoms with Gasteiger partial charge in [0.05, 0.1) is 34.5 Å². The number of carboxylic acids is 1. The lowest BCUT2D eigenvalue weighted by molar-refractivity contribution is -0.539. The number of carbonyl (C=O) groups excluding carboxylic acids is 1. The van der Waals surface area contributed by atoms with Crippen molar-refractivity contribution in [2.45, 2.75) is 71.8 Å². The first-order valence-corrected chi connectivity index (χ1v) is 17.5. The van der Waals surface area contributed by atoms with E-state index < -0.39 is 29.4 Å². The van der Waals surface area contributed by atoms with Crippen molar-refractivity contribution in [1.29, 1.82) is 5.41 Å². The third-order valence-electron chi connectivity index (χ3n) is 8.25. The Morgan fingerprint density at radius 1 is 1.08 bits per heavy atom. The molecule has 1 aromatic heterocycles. The number of quaternary nitrogens is 1. The number of thiazole rings is 1. The summed E-state index contributed by atoms with van der Waals surface area (Å²) in [6, 6.07) is 14.9. The van der Waals surface area contributed by atoms with Gasteiger partial charge in [0.1, 0.15) is 11.3 Å². The van der Waals surface area contributed by atoms with Crippen molar-refractivity contribution in [2.75, 3.05) is 31.6 Å². The number of nitrogens with one attached hydrogen (secondary N) is 1. The average Bonchev–Trinajstić information content (AvgIpc) is 3.45. The summed E-state index contributed by atoms with van der Waals surface area (Å²) < 4.78 is 12.8. The number of aliphatic carboxylic acids is 1. The fraction of sp³-hybridized carbons (Fsp3) is 0.405. The third kappa shape index (κ3) is 8.07. The minimum atomic E-state index is -1.21. The zero-order valence-electron chi connectivity index (χ0n) is 29.3. The van der Waals surface area contributed by atoms with Gasteiger partial charge in [0.25, 0.3) is 0 Å². The summed E-state index contributed by atoms with van der Waals surface area (Å²) >= 11 is 7.76. The number of hydrogen-bond acceptors (Lipinski definition) is 8. The third-order valence-corrected chi connectivity index (χ3v) is 9.65. The molecule has 0 aliphatic carbocycles. The van der Waals surface area contributed by atoms with E-state index in [2.05, 4.69) is 4.90 Å². The number of nitrogens with zero attached hydrogens (tertiary/aromatic N) is 3. The second-order valence-electron chi connectivity index (χ2n) is 14.2. The number of halogens is 1. The Morgan fingerprint density at radius 2 is 1.78 bits per heavy atom. The molecule has 12 heteroatoms. The van der Waals surface area contributed by atoms with Gasteiger partial charge in [0, 0.05) is 42.0 Å². The van der Waals surface area contributed by atoms with Crippen molar-refractivity contribution in [3.63, 3.8) is 0 Å². The molecule has 3 aromatic carbocycles. The Bertz CT molecular complexity index is 1880. The van der Waals surface area contributed by atoms with E-state index in [0.717, 1.165) is 48.9 Å². The summed E-state index contributed by atoms with van der Waals surface area (Å²) in [6.45, 7) is 14.3. The summed E-state index contributed by atoms with van der Waals surface area (Å²) in [4.78, 5) is 35.3. The van der Waals surface area contributed by atoms with Crippen molar-refractivity contribution in [3.8, 4) is 11.1 Å². The molecule has 4 N–H and O–H groups in total. The highest BCUT2D eigenvalue weighted by Crippen LogP contribution is 2.45. The van der Waals surface area contributed by atoms with Gasteiger partial charge < -0.3 is 30.2 Å². The highest BCUT2D eigenvalue weighted by Gasteiger charge is 2.37. The summed E-state index contributed by atoms with van der Waals surface area (Å²) in [5.41, 5.74) is 4.86. The molecule has 49 heavy (non-hydrogen) atoms. The molecule has 0 saturated carbocycles. The number of fused-ring (bicyclic) bond motifs is 1. The Hall–Kier alpha value is -4.03. The van der Waals surface area contributed by atoms with Gasteiger partial charge in [-0.3, -0.25) is 4.90 Å². The molecule has 5 rings (SSSR count). The standard InChI is InChI=1S/C37H44ClN5O5S/c1-21-17-27-32(30(22-9-12-25(38)13-10-22)29(21)31(33(44)45)47-36(2,3)4)49-34(41-27)42-15-16-43(35(46)48-37(5,6)7)28(20-42)23-11-14-26(40-8)24(18-23)19-39/h9-14,17-19,28,31,39-40H,15-16,20H2,1-8H3,(H,44,45)/p+1. The number of carboxylic acid groups (broad SMARTS) is 1. The van der Waals surface area contributed by atoms with E-state index in [1.807, 2.05) is 97.2 Å². The van der Waals surface area contributed by atoms with Crippen molar-refractivity contribution in [2.24, 2.45) is 0 Å². The molecular weight excluding hydrogens is 662 g/mol. The molecule has 2 heterocycles. The van der Waals surface area contributed by atoms with Gasteiger partial charge in [-0.2, -0.15) is 0 Å². The minimum absolute atomic E-state index is 0.371. The van der Waals surface area contributed by atoms with Gasteiger partial charge in [0.2, 0.25) is 0 Å². The molecule has 2 unspecified atom stereocenters. The summed E-state index contributed by atoms with van der Waals surface area (Å²) in [7, 11) is 1.93. The van der Waals surface area contributed by atoms with Crippen LogP contribution < -0.4 is 10.2 Å². The van der Waals surface area contributed by atoms with Gasteiger partial charge in [-0.15, -0.1) is 0 Å². The zero-order valence-corrected chi connectivity index (χ0v) is 30.8. The lowest BCUT2D eigenvalue weighted by atomic mass is 9.91. The maximum absolute atomic E-state index is 13.5. The SMILES string of the molecule is C[NH2+]c1ccc(C2CN(c3nc4cc(C)c(C(OC(C)(C)C)C(=O)O)c(-c5ccc(Cl)cc5)c4s3)CCN2C(=O)OC(C)(C)C)cc1C=N. The van der Waals surface area contributed by atoms with Gasteiger partial charge in [-0.25, -0.2) is 14.6 Å². The van der Waals surface area contributed by atoms with Crippen LogP contribution in [0.3, 0.4) is 0 Å². The van der Waals surface area contributed by atoms with Crippen molar-refractivity contribution in [3.05, 3.63) is 75.8 Å². The molecule has 1 saturated heterocycles. The van der Waals surface area contributed by atoms with Crippen molar-refractivity contribution in [1.82, 2.24) is 9.88 Å². The quantitative estimate of drug-likeness (QED) is 0.128. The van der Waals surface area contributed by atoms with Crippen molar-refractivity contribution >= 4 is 62.3 Å². The molecule has 0 spiro atoms. The predicted molar refractivity (Wildman–Crippen MR) is 196 cm³/mol. The van der Waals surface area contributed by atoms with Crippen LogP contribution in [0.15, 0.2) is 48.5 Å². The maximum atomic E-state index is 13.5. The molecule has 2 atom stereocenters. The van der Waals surface area contributed by atoms with Crippen LogP contribution >= 0.6 is 22.9 Å². The predicted octanol–water partition coefficient (Wildman–Crippen LogP) is 7.49. The second-order valence-corrected chi connectivity index (χ2v) is 15.7. The van der Waals surface area contributed by atoms with Crippen LogP contribution in [0.1, 0.15) is 75.9 Å². The number of benzene rings is 3. The lowest BCUT2D eigenvalue weighted by Gasteiger charge is -2.42. The van der Waals surface area contributed by atoms with Crippen LogP contribution in [-0.2, 0) is 14.3 Å². The van der Waals surface area contributed by atoms with E-state index in [4.69, 9.17) is 31.5 Å². The van der Waals surface area contributed by atoms with Crippen LogP contribution in [-0.4, -0.2) is 71.2 Å². The second kappa shape index (κ2) is 14.1. The summed E-state index contributed by atoms with van der Waals surface area (Å²) in [5, 5.41) is 21.7. The molecular formula is C37H45ClN5O5S+. The number of ether oxygens (including phenoxy) is 2. The van der Waals surface area contributed by atoms with Crippen LogP contribution in [0.4, 0.5) is 15.6 Å². The molecule has 4 aromatic rings. The Labute approximate surface area is 296 Å². The molecule has 1 amide bonds. The summed E-state index contributed by atoms with van der Waals surface area (Å²) in [6.07, 6.45) is -0.280. The number of hydrogen-bond donors (Lipinski definition) is 3. The molecule has 1 aliphatic heterocycles. The van der Waals surface area contributed by atoms with E-state index in [0.29, 0.717) is 30.2 Å². The van der Waals surface area contributed by atoms with E-state index in [-0.39, 0.29) is 6.04 Å². The van der Waals surface area contributed by atoms with Crippen LogP contribution in [0.5, 0.6) is 0 Å². The number of piperazine rings is 1. The highest BCUT2D eigenvalue weighted by molar-refractivity contribution is 7.22. The number of aryl methyl sites for hydroxylation is 1. The fourth-order valence-corrected chi connectivity index (χ4v) is 7.42. The Balaban J connectivity index is 1.64. The van der Waals surface area contributed by atoms with Gasteiger partial charge in [-0.1, -0.05) is 41.1 Å². The first-order valence-electron chi connectivity index (χ1n) is 16.3. The van der Waals surface area contributed by atoms with E-state index in [9.17, 15) is 14.7 Å². The average molecular weight is 707 g/mol. The number of nitrogens with two attached hydrogens (primary N) is 1. The smallest absolute Gasteiger partial charge is 0.410 e. The number of carbonyl (C=O) groups is 2. The number of rotatable bonds is 8. The van der Waals surface area contributed by atoms with Crippen LogP contribution in [0.2, 0.25) is 5.02 Å². The molecule has 10 nitrogen and oxygen atoms in total. The topological polar surface area (TPSA) is 133 Å². The monoisotopic (exact) mass is 706 g/mol. The lowest BCUT2D eigenvalue weighted by Crippen LogP contribution is -2.73. The molecule has 1 aliphatic rings. The zero-order chi connectivity index (χ0) is 35.8. The minimum Gasteiger partial charge on any atom is -0.479 e. The maximum Gasteiger partial charge on any atom is 0.410 e. The largest absolute Gasteiger partial charge is 0.479 e. The Kier molecular flexibility index (Phi) is 10.4. The van der Waals surface area contributed by atoms with Crippen LogP contribution in [0, 0.1) is 12.3 Å². The van der Waals surface area contributed by atoms with E-state index in [1.165, 1.54) is 17.6 Å². The molecule has 260 valence electrons. The first kappa shape index (κ1) is 36.3. The summed E-state index contributed by atoms with van der Waals surface area (Å²) in [5.74, 6) is -1.07. The first-order chi connectivity index (χ1) is 23.0. The van der Waals surface area contributed by atoms with Crippen molar-refractivity contribution < 1.29 is 29.5 Å². The normalized spacial score (nSPS) is 16.1. The molecule has 0 radical (unpaired) electrons.